The van der Waals surface area contributed by atoms with Crippen LogP contribution in [0, 0.1) is 0 Å². The molecular formula is C22H13Cl2NO3. The Kier molecular flexibility index (Phi) is 5.15. The zero-order chi connectivity index (χ0) is 19.5. The molecule has 6 heteroatoms. The van der Waals surface area contributed by atoms with Crippen LogP contribution in [0.15, 0.2) is 83.5 Å². The zero-order valence-electron chi connectivity index (χ0n) is 14.4. The van der Waals surface area contributed by atoms with Crippen molar-refractivity contribution in [3.05, 3.63) is 99.7 Å². The van der Waals surface area contributed by atoms with Crippen molar-refractivity contribution in [2.45, 2.75) is 0 Å². The molecule has 0 atom stereocenters. The van der Waals surface area contributed by atoms with Gasteiger partial charge in [0.05, 0.1) is 10.0 Å². The molecule has 28 heavy (non-hydrogen) atoms. The molecule has 0 unspecified atom stereocenters. The molecule has 0 saturated heterocycles. The average molecular weight is 410 g/mol. The summed E-state index contributed by atoms with van der Waals surface area (Å²) in [5.41, 5.74) is 1.80. The highest BCUT2D eigenvalue weighted by molar-refractivity contribution is 6.42. The van der Waals surface area contributed by atoms with E-state index in [1.54, 1.807) is 36.4 Å². The maximum Gasteiger partial charge on any atom is 0.363 e. The lowest BCUT2D eigenvalue weighted by molar-refractivity contribution is -0.129. The van der Waals surface area contributed by atoms with E-state index in [1.165, 1.54) is 0 Å². The van der Waals surface area contributed by atoms with Crippen molar-refractivity contribution in [1.82, 2.24) is 0 Å². The van der Waals surface area contributed by atoms with E-state index in [-0.39, 0.29) is 5.70 Å². The molecule has 4 nitrogen and oxygen atoms in total. The molecule has 0 aliphatic carbocycles. The highest BCUT2D eigenvalue weighted by atomic mass is 35.5. The van der Waals surface area contributed by atoms with E-state index in [9.17, 15) is 4.79 Å². The van der Waals surface area contributed by atoms with Gasteiger partial charge in [0.1, 0.15) is 11.5 Å². The largest absolute Gasteiger partial charge is 0.457 e. The fourth-order valence-corrected chi connectivity index (χ4v) is 2.87. The Morgan fingerprint density at radius 3 is 2.29 bits per heavy atom. The number of carbonyl (C=O) groups is 1. The third-order valence-corrected chi connectivity index (χ3v) is 4.69. The standard InChI is InChI=1S/C22H13Cl2NO3/c23-18-11-10-17(13-19(18)24)27-16-8-6-14(7-9-16)12-20-22(26)28-21(25-20)15-4-2-1-3-5-15/h1-13H. The summed E-state index contributed by atoms with van der Waals surface area (Å²) in [6.07, 6.45) is 1.67. The van der Waals surface area contributed by atoms with Gasteiger partial charge in [-0.15, -0.1) is 0 Å². The Morgan fingerprint density at radius 2 is 1.57 bits per heavy atom. The summed E-state index contributed by atoms with van der Waals surface area (Å²) in [6.45, 7) is 0. The smallest absolute Gasteiger partial charge is 0.363 e. The van der Waals surface area contributed by atoms with Crippen LogP contribution in [0.5, 0.6) is 11.5 Å². The first-order chi connectivity index (χ1) is 13.6. The Balaban J connectivity index is 1.51. The van der Waals surface area contributed by atoms with Crippen molar-refractivity contribution in [3.8, 4) is 11.5 Å². The molecule has 0 bridgehead atoms. The topological polar surface area (TPSA) is 47.9 Å². The molecule has 0 fully saturated rings. The van der Waals surface area contributed by atoms with Gasteiger partial charge in [-0.2, -0.15) is 0 Å². The van der Waals surface area contributed by atoms with Crippen LogP contribution >= 0.6 is 23.2 Å². The minimum absolute atomic E-state index is 0.247. The summed E-state index contributed by atoms with van der Waals surface area (Å²) >= 11 is 11.9. The normalized spacial score (nSPS) is 14.7. The average Bonchev–Trinajstić information content (AvgIpc) is 3.07. The van der Waals surface area contributed by atoms with Crippen LogP contribution in [0.25, 0.3) is 6.08 Å². The monoisotopic (exact) mass is 409 g/mol. The number of aliphatic imine (C=N–C) groups is 1. The van der Waals surface area contributed by atoms with Crippen molar-refractivity contribution in [2.24, 2.45) is 4.99 Å². The Morgan fingerprint density at radius 1 is 0.857 bits per heavy atom. The van der Waals surface area contributed by atoms with E-state index in [2.05, 4.69) is 4.99 Å². The second kappa shape index (κ2) is 7.89. The van der Waals surface area contributed by atoms with Crippen LogP contribution in [-0.2, 0) is 9.53 Å². The first-order valence-corrected chi connectivity index (χ1v) is 9.15. The lowest BCUT2D eigenvalue weighted by atomic mass is 10.2. The summed E-state index contributed by atoms with van der Waals surface area (Å²) in [5, 5.41) is 0.891. The van der Waals surface area contributed by atoms with Crippen LogP contribution in [0.2, 0.25) is 10.0 Å². The van der Waals surface area contributed by atoms with E-state index in [0.29, 0.717) is 27.4 Å². The maximum atomic E-state index is 12.1. The molecule has 1 heterocycles. The maximum absolute atomic E-state index is 12.1. The lowest BCUT2D eigenvalue weighted by Crippen LogP contribution is -2.04. The molecule has 3 aromatic rings. The number of benzene rings is 3. The highest BCUT2D eigenvalue weighted by Gasteiger charge is 2.23. The van der Waals surface area contributed by atoms with Crippen LogP contribution in [-0.4, -0.2) is 11.9 Å². The number of rotatable bonds is 4. The quantitative estimate of drug-likeness (QED) is 0.384. The molecule has 0 saturated carbocycles. The Labute approximate surface area is 171 Å². The molecule has 1 aliphatic heterocycles. The molecule has 0 N–H and O–H groups in total. The van der Waals surface area contributed by atoms with Crippen LogP contribution in [0.4, 0.5) is 0 Å². The molecule has 0 amide bonds. The van der Waals surface area contributed by atoms with E-state index < -0.39 is 5.97 Å². The highest BCUT2D eigenvalue weighted by Crippen LogP contribution is 2.29. The van der Waals surface area contributed by atoms with Gasteiger partial charge in [0, 0.05) is 11.6 Å². The third-order valence-electron chi connectivity index (χ3n) is 3.95. The first-order valence-electron chi connectivity index (χ1n) is 8.39. The number of esters is 1. The van der Waals surface area contributed by atoms with Crippen LogP contribution in [0.1, 0.15) is 11.1 Å². The van der Waals surface area contributed by atoms with Gasteiger partial charge in [-0.05, 0) is 48.0 Å². The molecule has 0 radical (unpaired) electrons. The van der Waals surface area contributed by atoms with Crippen LogP contribution in [0.3, 0.4) is 0 Å². The Bertz CT molecular complexity index is 1090. The van der Waals surface area contributed by atoms with E-state index >= 15 is 0 Å². The van der Waals surface area contributed by atoms with Crippen molar-refractivity contribution in [1.29, 1.82) is 0 Å². The van der Waals surface area contributed by atoms with Crippen molar-refractivity contribution >= 4 is 41.1 Å². The second-order valence-electron chi connectivity index (χ2n) is 5.95. The van der Waals surface area contributed by atoms with E-state index in [0.717, 1.165) is 11.1 Å². The zero-order valence-corrected chi connectivity index (χ0v) is 15.9. The lowest BCUT2D eigenvalue weighted by Gasteiger charge is -2.07. The van der Waals surface area contributed by atoms with E-state index in [1.807, 2.05) is 42.5 Å². The van der Waals surface area contributed by atoms with Crippen LogP contribution < -0.4 is 4.74 Å². The molecular weight excluding hydrogens is 397 g/mol. The van der Waals surface area contributed by atoms with Gasteiger partial charge in [-0.1, -0.05) is 53.5 Å². The molecule has 0 spiro atoms. The number of hydrogen-bond acceptors (Lipinski definition) is 4. The van der Waals surface area contributed by atoms with Gasteiger partial charge in [-0.25, -0.2) is 9.79 Å². The number of nitrogens with zero attached hydrogens (tertiary/aromatic N) is 1. The van der Waals surface area contributed by atoms with Gasteiger partial charge in [0.15, 0.2) is 5.70 Å². The minimum Gasteiger partial charge on any atom is -0.457 e. The summed E-state index contributed by atoms with van der Waals surface area (Å²) in [7, 11) is 0. The summed E-state index contributed by atoms with van der Waals surface area (Å²) in [4.78, 5) is 16.4. The number of ether oxygens (including phenoxy) is 2. The first kappa shape index (κ1) is 18.3. The predicted octanol–water partition coefficient (Wildman–Crippen LogP) is 6.13. The molecule has 1 aliphatic rings. The fraction of sp³-hybridized carbons (Fsp3) is 0. The van der Waals surface area contributed by atoms with Gasteiger partial charge in [0.2, 0.25) is 5.90 Å². The molecule has 0 aromatic heterocycles. The molecule has 4 rings (SSSR count). The predicted molar refractivity (Wildman–Crippen MR) is 110 cm³/mol. The number of carbonyl (C=O) groups excluding carboxylic acids is 1. The summed E-state index contributed by atoms with van der Waals surface area (Å²) in [5.74, 6) is 1.03. The fourth-order valence-electron chi connectivity index (χ4n) is 2.58. The SMILES string of the molecule is O=C1OC(c2ccccc2)=NC1=Cc1ccc(Oc2ccc(Cl)c(Cl)c2)cc1. The van der Waals surface area contributed by atoms with E-state index in [4.69, 9.17) is 32.7 Å². The van der Waals surface area contributed by atoms with Crippen molar-refractivity contribution in [3.63, 3.8) is 0 Å². The van der Waals surface area contributed by atoms with Crippen molar-refractivity contribution < 1.29 is 14.3 Å². The molecule has 138 valence electrons. The second-order valence-corrected chi connectivity index (χ2v) is 6.76. The summed E-state index contributed by atoms with van der Waals surface area (Å²) in [6, 6.07) is 21.6. The van der Waals surface area contributed by atoms with Gasteiger partial charge >= 0.3 is 5.97 Å². The van der Waals surface area contributed by atoms with Gasteiger partial charge in [-0.3, -0.25) is 0 Å². The number of cyclic esters (lactones) is 1. The molecule has 3 aromatic carbocycles. The van der Waals surface area contributed by atoms with Gasteiger partial charge in [0.25, 0.3) is 0 Å². The Hall–Kier alpha value is -3.08. The summed E-state index contributed by atoms with van der Waals surface area (Å²) < 4.78 is 11.0. The van der Waals surface area contributed by atoms with Crippen molar-refractivity contribution in [2.75, 3.05) is 0 Å². The minimum atomic E-state index is -0.477. The number of hydrogen-bond donors (Lipinski definition) is 0. The van der Waals surface area contributed by atoms with Gasteiger partial charge < -0.3 is 9.47 Å². The third kappa shape index (κ3) is 4.09. The number of halogens is 2.